The number of hydrogen-bond acceptors (Lipinski definition) is 3. The highest BCUT2D eigenvalue weighted by Crippen LogP contribution is 2.28. The van der Waals surface area contributed by atoms with Crippen LogP contribution in [0.3, 0.4) is 0 Å². The zero-order chi connectivity index (χ0) is 18.2. The first-order chi connectivity index (χ1) is 12.8. The first kappa shape index (κ1) is 17.5. The van der Waals surface area contributed by atoms with Gasteiger partial charge in [-0.15, -0.1) is 0 Å². The molecule has 132 valence electrons. The van der Waals surface area contributed by atoms with Crippen molar-refractivity contribution in [1.82, 2.24) is 5.32 Å². The first-order valence-electron chi connectivity index (χ1n) is 8.45. The third kappa shape index (κ3) is 4.42. The van der Waals surface area contributed by atoms with E-state index in [4.69, 9.17) is 9.47 Å². The summed E-state index contributed by atoms with van der Waals surface area (Å²) >= 11 is 0. The van der Waals surface area contributed by atoms with Gasteiger partial charge in [-0.2, -0.15) is 0 Å². The van der Waals surface area contributed by atoms with Gasteiger partial charge in [0.2, 0.25) is 0 Å². The van der Waals surface area contributed by atoms with Crippen LogP contribution in [0, 0.1) is 0 Å². The van der Waals surface area contributed by atoms with Gasteiger partial charge in [0, 0.05) is 11.9 Å². The van der Waals surface area contributed by atoms with Crippen molar-refractivity contribution in [2.24, 2.45) is 0 Å². The van der Waals surface area contributed by atoms with Crippen LogP contribution in [-0.4, -0.2) is 19.7 Å². The number of ether oxygens (including phenoxy) is 2. The van der Waals surface area contributed by atoms with Gasteiger partial charge in [0.15, 0.2) is 0 Å². The van der Waals surface area contributed by atoms with Gasteiger partial charge in [-0.25, -0.2) is 4.79 Å². The maximum absolute atomic E-state index is 11.7. The van der Waals surface area contributed by atoms with Crippen molar-refractivity contribution in [3.05, 3.63) is 83.9 Å². The number of alkyl carbamates (subject to hydrolysis) is 1. The van der Waals surface area contributed by atoms with E-state index in [0.29, 0.717) is 6.54 Å². The topological polar surface area (TPSA) is 47.6 Å². The van der Waals surface area contributed by atoms with Crippen molar-refractivity contribution >= 4 is 22.9 Å². The molecule has 1 N–H and O–H groups in total. The Hall–Kier alpha value is -3.27. The predicted molar refractivity (Wildman–Crippen MR) is 104 cm³/mol. The van der Waals surface area contributed by atoms with Gasteiger partial charge in [0.05, 0.1) is 7.11 Å². The van der Waals surface area contributed by atoms with Crippen molar-refractivity contribution in [2.75, 3.05) is 13.7 Å². The van der Waals surface area contributed by atoms with Crippen LogP contribution < -0.4 is 10.1 Å². The number of benzene rings is 3. The van der Waals surface area contributed by atoms with Gasteiger partial charge in [-0.05, 0) is 22.6 Å². The van der Waals surface area contributed by atoms with Crippen LogP contribution in [-0.2, 0) is 11.3 Å². The van der Waals surface area contributed by atoms with Crippen molar-refractivity contribution in [1.29, 1.82) is 0 Å². The number of methoxy groups -OCH3 is 1. The van der Waals surface area contributed by atoms with Crippen LogP contribution in [0.25, 0.3) is 16.8 Å². The molecule has 0 fully saturated rings. The van der Waals surface area contributed by atoms with E-state index >= 15 is 0 Å². The Morgan fingerprint density at radius 2 is 1.69 bits per heavy atom. The monoisotopic (exact) mass is 347 g/mol. The lowest BCUT2D eigenvalue weighted by atomic mass is 10.0. The highest BCUT2D eigenvalue weighted by Gasteiger charge is 2.04. The highest BCUT2D eigenvalue weighted by atomic mass is 16.5. The standard InChI is InChI=1S/C22H21NO3/c1-25-21-14-13-18(19-11-5-6-12-20(19)21)10-7-15-23-22(24)26-16-17-8-3-2-4-9-17/h2-14H,15-16H2,1H3,(H,23,24). The quantitative estimate of drug-likeness (QED) is 0.697. The van der Waals surface area contributed by atoms with Crippen LogP contribution in [0.4, 0.5) is 4.79 Å². The van der Waals surface area contributed by atoms with Crippen LogP contribution in [0.15, 0.2) is 72.8 Å². The Balaban J connectivity index is 1.56. The lowest BCUT2D eigenvalue weighted by molar-refractivity contribution is 0.141. The molecule has 4 nitrogen and oxygen atoms in total. The average Bonchev–Trinajstić information content (AvgIpc) is 2.70. The predicted octanol–water partition coefficient (Wildman–Crippen LogP) is 4.79. The summed E-state index contributed by atoms with van der Waals surface area (Å²) in [6, 6.07) is 21.6. The molecule has 0 saturated carbocycles. The van der Waals surface area contributed by atoms with Crippen LogP contribution in [0.1, 0.15) is 11.1 Å². The molecule has 0 spiro atoms. The van der Waals surface area contributed by atoms with E-state index < -0.39 is 6.09 Å². The molecule has 0 atom stereocenters. The maximum atomic E-state index is 11.7. The summed E-state index contributed by atoms with van der Waals surface area (Å²) in [7, 11) is 1.67. The molecule has 26 heavy (non-hydrogen) atoms. The number of rotatable bonds is 6. The Morgan fingerprint density at radius 3 is 2.46 bits per heavy atom. The third-order valence-electron chi connectivity index (χ3n) is 4.01. The molecule has 3 rings (SSSR count). The summed E-state index contributed by atoms with van der Waals surface area (Å²) in [5.74, 6) is 0.848. The first-order valence-corrected chi connectivity index (χ1v) is 8.45. The largest absolute Gasteiger partial charge is 0.496 e. The van der Waals surface area contributed by atoms with E-state index in [0.717, 1.165) is 27.6 Å². The molecule has 0 bridgehead atoms. The molecule has 0 aromatic heterocycles. The molecule has 3 aromatic carbocycles. The molecule has 0 radical (unpaired) electrons. The molecular formula is C22H21NO3. The zero-order valence-corrected chi connectivity index (χ0v) is 14.6. The van der Waals surface area contributed by atoms with E-state index in [1.165, 1.54) is 0 Å². The lowest BCUT2D eigenvalue weighted by Gasteiger charge is -2.08. The molecule has 1 amide bonds. The fourth-order valence-corrected chi connectivity index (χ4v) is 2.72. The summed E-state index contributed by atoms with van der Waals surface area (Å²) in [4.78, 5) is 11.7. The molecule has 0 heterocycles. The van der Waals surface area contributed by atoms with Crippen molar-refractivity contribution in [3.8, 4) is 5.75 Å². The summed E-state index contributed by atoms with van der Waals surface area (Å²) in [5.41, 5.74) is 2.03. The molecule has 0 aliphatic rings. The molecule has 0 aliphatic carbocycles. The third-order valence-corrected chi connectivity index (χ3v) is 4.01. The Morgan fingerprint density at radius 1 is 0.962 bits per heavy atom. The molecule has 0 aliphatic heterocycles. The van der Waals surface area contributed by atoms with Gasteiger partial charge < -0.3 is 14.8 Å². The van der Waals surface area contributed by atoms with E-state index in [1.807, 2.05) is 72.8 Å². The fraction of sp³-hybridized carbons (Fsp3) is 0.136. The maximum Gasteiger partial charge on any atom is 0.407 e. The lowest BCUT2D eigenvalue weighted by Crippen LogP contribution is -2.24. The van der Waals surface area contributed by atoms with Crippen LogP contribution >= 0.6 is 0 Å². The minimum Gasteiger partial charge on any atom is -0.496 e. The van der Waals surface area contributed by atoms with Crippen LogP contribution in [0.5, 0.6) is 5.75 Å². The van der Waals surface area contributed by atoms with Crippen molar-refractivity contribution in [3.63, 3.8) is 0 Å². The van der Waals surface area contributed by atoms with E-state index in [9.17, 15) is 4.79 Å². The van der Waals surface area contributed by atoms with Gasteiger partial charge >= 0.3 is 6.09 Å². The number of hydrogen-bond donors (Lipinski definition) is 1. The minimum atomic E-state index is -0.432. The average molecular weight is 347 g/mol. The molecule has 4 heteroatoms. The minimum absolute atomic E-state index is 0.263. The molecule has 3 aromatic rings. The van der Waals surface area contributed by atoms with E-state index in [-0.39, 0.29) is 6.61 Å². The number of carbonyl (C=O) groups is 1. The second-order valence-electron chi connectivity index (χ2n) is 5.75. The van der Waals surface area contributed by atoms with Crippen molar-refractivity contribution < 1.29 is 14.3 Å². The molecule has 0 unspecified atom stereocenters. The number of fused-ring (bicyclic) bond motifs is 1. The van der Waals surface area contributed by atoms with Gasteiger partial charge in [-0.1, -0.05) is 72.8 Å². The Bertz CT molecular complexity index is 904. The van der Waals surface area contributed by atoms with Crippen LogP contribution in [0.2, 0.25) is 0 Å². The molecule has 0 saturated heterocycles. The number of carbonyl (C=O) groups excluding carboxylic acids is 1. The smallest absolute Gasteiger partial charge is 0.407 e. The van der Waals surface area contributed by atoms with E-state index in [1.54, 1.807) is 7.11 Å². The van der Waals surface area contributed by atoms with Crippen molar-refractivity contribution in [2.45, 2.75) is 6.61 Å². The summed E-state index contributed by atoms with van der Waals surface area (Å²) in [6.07, 6.45) is 3.45. The summed E-state index contributed by atoms with van der Waals surface area (Å²) < 4.78 is 10.6. The number of nitrogens with one attached hydrogen (secondary N) is 1. The second kappa shape index (κ2) is 8.72. The normalized spacial score (nSPS) is 10.8. The van der Waals surface area contributed by atoms with Gasteiger partial charge in [0.25, 0.3) is 0 Å². The highest BCUT2D eigenvalue weighted by molar-refractivity contribution is 5.94. The molecular weight excluding hydrogens is 326 g/mol. The zero-order valence-electron chi connectivity index (χ0n) is 14.6. The SMILES string of the molecule is COc1ccc(C=CCNC(=O)OCc2ccccc2)c2ccccc12. The Kier molecular flexibility index (Phi) is 5.88. The Labute approximate surface area is 153 Å². The fourth-order valence-electron chi connectivity index (χ4n) is 2.72. The number of amides is 1. The van der Waals surface area contributed by atoms with Gasteiger partial charge in [0.1, 0.15) is 12.4 Å². The van der Waals surface area contributed by atoms with E-state index in [2.05, 4.69) is 11.4 Å². The summed E-state index contributed by atoms with van der Waals surface area (Å²) in [6.45, 7) is 0.660. The summed E-state index contributed by atoms with van der Waals surface area (Å²) in [5, 5.41) is 4.89. The van der Waals surface area contributed by atoms with Gasteiger partial charge in [-0.3, -0.25) is 0 Å². The second-order valence-corrected chi connectivity index (χ2v) is 5.75.